The number of rotatable bonds is 9. The third kappa shape index (κ3) is 5.83. The molecule has 152 valence electrons. The number of benzene rings is 2. The number of ether oxygens (including phenoxy) is 1. The Morgan fingerprint density at radius 1 is 1.03 bits per heavy atom. The van der Waals surface area contributed by atoms with Gasteiger partial charge in [-0.25, -0.2) is 13.1 Å². The first-order valence-corrected chi connectivity index (χ1v) is 10.6. The van der Waals surface area contributed by atoms with Crippen LogP contribution in [0.25, 0.3) is 0 Å². The fourth-order valence-electron chi connectivity index (χ4n) is 2.49. The van der Waals surface area contributed by atoms with E-state index < -0.39 is 15.9 Å². The molecule has 29 heavy (non-hydrogen) atoms. The van der Waals surface area contributed by atoms with Crippen LogP contribution in [-0.2, 0) is 16.6 Å². The lowest BCUT2D eigenvalue weighted by Gasteiger charge is -2.09. The summed E-state index contributed by atoms with van der Waals surface area (Å²) >= 11 is 5.82. The summed E-state index contributed by atoms with van der Waals surface area (Å²) in [7, 11) is -3.71. The zero-order valence-corrected chi connectivity index (χ0v) is 16.9. The molecule has 3 aromatic rings. The van der Waals surface area contributed by atoms with Crippen molar-refractivity contribution in [2.45, 2.75) is 11.5 Å². The Kier molecular flexibility index (Phi) is 6.92. The average Bonchev–Trinajstić information content (AvgIpc) is 3.19. The van der Waals surface area contributed by atoms with Crippen molar-refractivity contribution in [1.82, 2.24) is 10.0 Å². The van der Waals surface area contributed by atoms with E-state index >= 15 is 0 Å². The minimum atomic E-state index is -3.71. The largest absolute Gasteiger partial charge is 0.489 e. The number of para-hydroxylation sites is 1. The first kappa shape index (κ1) is 20.9. The maximum Gasteiger partial charge on any atom is 0.287 e. The summed E-state index contributed by atoms with van der Waals surface area (Å²) in [5.41, 5.74) is 0.589. The van der Waals surface area contributed by atoms with E-state index in [1.807, 2.05) is 30.3 Å². The van der Waals surface area contributed by atoms with Crippen molar-refractivity contribution in [2.75, 3.05) is 13.1 Å². The van der Waals surface area contributed by atoms with Gasteiger partial charge in [0.15, 0.2) is 5.76 Å². The molecule has 1 aromatic heterocycles. The first-order chi connectivity index (χ1) is 14.0. The van der Waals surface area contributed by atoms with Crippen LogP contribution in [0.3, 0.4) is 0 Å². The van der Waals surface area contributed by atoms with Gasteiger partial charge in [-0.3, -0.25) is 4.79 Å². The smallest absolute Gasteiger partial charge is 0.287 e. The summed E-state index contributed by atoms with van der Waals surface area (Å²) in [5, 5.41) is 2.94. The van der Waals surface area contributed by atoms with Crippen LogP contribution in [0.2, 0.25) is 5.02 Å². The minimum Gasteiger partial charge on any atom is -0.489 e. The zero-order valence-electron chi connectivity index (χ0n) is 15.3. The molecule has 0 aliphatic rings. The van der Waals surface area contributed by atoms with E-state index in [9.17, 15) is 13.2 Å². The Balaban J connectivity index is 1.49. The van der Waals surface area contributed by atoms with Crippen LogP contribution in [0.5, 0.6) is 5.75 Å². The predicted molar refractivity (Wildman–Crippen MR) is 108 cm³/mol. The van der Waals surface area contributed by atoms with Gasteiger partial charge in [-0.1, -0.05) is 35.9 Å². The lowest BCUT2D eigenvalue weighted by atomic mass is 10.2. The Morgan fingerprint density at radius 3 is 2.59 bits per heavy atom. The lowest BCUT2D eigenvalue weighted by Crippen LogP contribution is -2.34. The highest BCUT2D eigenvalue weighted by Gasteiger charge is 2.17. The van der Waals surface area contributed by atoms with Gasteiger partial charge >= 0.3 is 0 Å². The van der Waals surface area contributed by atoms with Gasteiger partial charge in [0.1, 0.15) is 12.4 Å². The molecule has 9 heteroatoms. The Labute approximate surface area is 173 Å². The third-order valence-electron chi connectivity index (χ3n) is 3.90. The van der Waals surface area contributed by atoms with E-state index in [0.717, 1.165) is 0 Å². The molecule has 0 saturated heterocycles. The summed E-state index contributed by atoms with van der Waals surface area (Å²) in [6.45, 7) is 0.264. The number of furan rings is 1. The summed E-state index contributed by atoms with van der Waals surface area (Å²) in [4.78, 5) is 12.4. The van der Waals surface area contributed by atoms with E-state index in [-0.39, 0.29) is 30.4 Å². The molecule has 1 heterocycles. The summed E-state index contributed by atoms with van der Waals surface area (Å²) < 4.78 is 37.7. The number of halogens is 1. The van der Waals surface area contributed by atoms with Gasteiger partial charge in [-0.05, 0) is 36.4 Å². The van der Waals surface area contributed by atoms with Crippen LogP contribution in [-0.4, -0.2) is 27.4 Å². The molecule has 0 bridgehead atoms. The number of nitrogens with one attached hydrogen (secondary N) is 2. The van der Waals surface area contributed by atoms with Crippen LogP contribution in [0.4, 0.5) is 0 Å². The lowest BCUT2D eigenvalue weighted by molar-refractivity contribution is 0.0923. The van der Waals surface area contributed by atoms with Gasteiger partial charge in [0.2, 0.25) is 10.0 Å². The number of carbonyl (C=O) groups is 1. The summed E-state index contributed by atoms with van der Waals surface area (Å²) in [6.07, 6.45) is 1.40. The second kappa shape index (κ2) is 9.60. The molecule has 2 aromatic carbocycles. The van der Waals surface area contributed by atoms with Crippen LogP contribution in [0.1, 0.15) is 16.1 Å². The summed E-state index contributed by atoms with van der Waals surface area (Å²) in [5.74, 6) is 0.345. The summed E-state index contributed by atoms with van der Waals surface area (Å²) in [6, 6.07) is 16.8. The second-order valence-electron chi connectivity index (χ2n) is 5.99. The molecule has 0 unspecified atom stereocenters. The Morgan fingerprint density at radius 2 is 1.83 bits per heavy atom. The second-order valence-corrected chi connectivity index (χ2v) is 8.19. The van der Waals surface area contributed by atoms with Crippen LogP contribution in [0, 0.1) is 0 Å². The van der Waals surface area contributed by atoms with Crippen molar-refractivity contribution in [3.63, 3.8) is 0 Å². The van der Waals surface area contributed by atoms with Crippen molar-refractivity contribution in [2.24, 2.45) is 0 Å². The monoisotopic (exact) mass is 434 g/mol. The van der Waals surface area contributed by atoms with E-state index in [0.29, 0.717) is 16.3 Å². The molecule has 7 nitrogen and oxygen atoms in total. The molecule has 3 rings (SSSR count). The standard InChI is InChI=1S/C20H19ClN2O5S/c21-16-5-4-8-18(13-16)29(25,26)23-11-10-22-20(24)19-15(9-12-27-19)14-28-17-6-2-1-3-7-17/h1-9,12-13,23H,10-11,14H2,(H,22,24). The van der Waals surface area contributed by atoms with Crippen molar-refractivity contribution in [3.8, 4) is 5.75 Å². The first-order valence-electron chi connectivity index (χ1n) is 8.73. The highest BCUT2D eigenvalue weighted by Crippen LogP contribution is 2.16. The number of hydrogen-bond donors (Lipinski definition) is 2. The minimum absolute atomic E-state index is 0.0111. The maximum atomic E-state index is 12.3. The van der Waals surface area contributed by atoms with Gasteiger partial charge in [-0.15, -0.1) is 0 Å². The van der Waals surface area contributed by atoms with Crippen LogP contribution in [0.15, 0.2) is 76.2 Å². The number of amides is 1. The predicted octanol–water partition coefficient (Wildman–Crippen LogP) is 3.22. The van der Waals surface area contributed by atoms with Crippen LogP contribution >= 0.6 is 11.6 Å². The molecule has 2 N–H and O–H groups in total. The molecule has 1 amide bonds. The van der Waals surface area contributed by atoms with Crippen molar-refractivity contribution in [3.05, 3.63) is 83.3 Å². The molecule has 0 atom stereocenters. The van der Waals surface area contributed by atoms with E-state index in [4.69, 9.17) is 20.8 Å². The Hall–Kier alpha value is -2.81. The van der Waals surface area contributed by atoms with Gasteiger partial charge in [0.25, 0.3) is 5.91 Å². The van der Waals surface area contributed by atoms with Gasteiger partial charge < -0.3 is 14.5 Å². The SMILES string of the molecule is O=C(NCCNS(=O)(=O)c1cccc(Cl)c1)c1occc1COc1ccccc1. The molecule has 0 fully saturated rings. The topological polar surface area (TPSA) is 97.6 Å². The molecular weight excluding hydrogens is 416 g/mol. The molecule has 0 aliphatic carbocycles. The molecular formula is C20H19ClN2O5S. The van der Waals surface area contributed by atoms with Crippen molar-refractivity contribution < 1.29 is 22.4 Å². The molecule has 0 spiro atoms. The van der Waals surface area contributed by atoms with Crippen molar-refractivity contribution in [1.29, 1.82) is 0 Å². The van der Waals surface area contributed by atoms with Gasteiger partial charge in [-0.2, -0.15) is 0 Å². The maximum absolute atomic E-state index is 12.3. The number of carbonyl (C=O) groups excluding carboxylic acids is 1. The van der Waals surface area contributed by atoms with Crippen LogP contribution < -0.4 is 14.8 Å². The van der Waals surface area contributed by atoms with E-state index in [2.05, 4.69) is 10.0 Å². The molecule has 0 aliphatic heterocycles. The normalized spacial score (nSPS) is 11.2. The Bertz CT molecular complexity index is 1070. The number of sulfonamides is 1. The fraction of sp³-hybridized carbons (Fsp3) is 0.150. The van der Waals surface area contributed by atoms with E-state index in [1.165, 1.54) is 18.4 Å². The highest BCUT2D eigenvalue weighted by atomic mass is 35.5. The van der Waals surface area contributed by atoms with Crippen molar-refractivity contribution >= 4 is 27.5 Å². The van der Waals surface area contributed by atoms with Gasteiger partial charge in [0.05, 0.1) is 11.2 Å². The van der Waals surface area contributed by atoms with Gasteiger partial charge in [0, 0.05) is 23.7 Å². The number of hydrogen-bond acceptors (Lipinski definition) is 5. The highest BCUT2D eigenvalue weighted by molar-refractivity contribution is 7.89. The molecule has 0 radical (unpaired) electrons. The quantitative estimate of drug-likeness (QED) is 0.504. The van der Waals surface area contributed by atoms with E-state index in [1.54, 1.807) is 18.2 Å². The zero-order chi connectivity index (χ0) is 20.7. The fourth-order valence-corrected chi connectivity index (χ4v) is 3.82. The third-order valence-corrected chi connectivity index (χ3v) is 5.59. The molecule has 0 saturated carbocycles. The average molecular weight is 435 g/mol.